The molecule has 0 bridgehead atoms. The summed E-state index contributed by atoms with van der Waals surface area (Å²) in [5.41, 5.74) is 1.36. The monoisotopic (exact) mass is 262 g/mol. The van der Waals surface area contributed by atoms with Crippen LogP contribution < -0.4 is 5.32 Å². The Balaban J connectivity index is 2.23. The lowest BCUT2D eigenvalue weighted by Gasteiger charge is -2.13. The Morgan fingerprint density at radius 3 is 2.89 bits per heavy atom. The Kier molecular flexibility index (Phi) is 4.04. The summed E-state index contributed by atoms with van der Waals surface area (Å²) in [6.07, 6.45) is 3.14. The molecule has 1 atom stereocenters. The second-order valence-corrected chi connectivity index (χ2v) is 4.54. The number of rotatable bonds is 6. The Morgan fingerprint density at radius 2 is 2.26 bits per heavy atom. The van der Waals surface area contributed by atoms with Crippen LogP contribution in [0, 0.1) is 0 Å². The standard InChI is InChI=1S/C14H18N2O3/c1-3-5-10(4-2)15-14-16-11-7-6-9(13(17)18)8-12(11)19-14/h6-8,10H,3-5H2,1-2H3,(H,15,16)(H,17,18). The molecule has 0 aliphatic rings. The van der Waals surface area contributed by atoms with Crippen LogP contribution in [0.15, 0.2) is 22.6 Å². The minimum Gasteiger partial charge on any atom is -0.478 e. The van der Waals surface area contributed by atoms with Gasteiger partial charge in [-0.1, -0.05) is 20.3 Å². The first-order valence-corrected chi connectivity index (χ1v) is 6.54. The van der Waals surface area contributed by atoms with Crippen LogP contribution in [0.1, 0.15) is 43.5 Å². The van der Waals surface area contributed by atoms with E-state index < -0.39 is 5.97 Å². The lowest BCUT2D eigenvalue weighted by molar-refractivity contribution is 0.0697. The van der Waals surface area contributed by atoms with Crippen LogP contribution in [0.25, 0.3) is 11.1 Å². The highest BCUT2D eigenvalue weighted by atomic mass is 16.4. The average molecular weight is 262 g/mol. The summed E-state index contributed by atoms with van der Waals surface area (Å²) in [4.78, 5) is 15.2. The van der Waals surface area contributed by atoms with Crippen molar-refractivity contribution in [2.45, 2.75) is 39.2 Å². The van der Waals surface area contributed by atoms with Crippen LogP contribution in [0.3, 0.4) is 0 Å². The lowest BCUT2D eigenvalue weighted by Crippen LogP contribution is -2.17. The largest absolute Gasteiger partial charge is 0.478 e. The molecule has 1 aromatic carbocycles. The van der Waals surface area contributed by atoms with Gasteiger partial charge >= 0.3 is 5.97 Å². The topological polar surface area (TPSA) is 75.4 Å². The van der Waals surface area contributed by atoms with E-state index in [9.17, 15) is 4.79 Å². The number of aromatic carboxylic acids is 1. The SMILES string of the molecule is CCCC(CC)Nc1nc2ccc(C(=O)O)cc2o1. The molecule has 1 unspecified atom stereocenters. The molecule has 5 nitrogen and oxygen atoms in total. The van der Waals surface area contributed by atoms with Gasteiger partial charge in [-0.15, -0.1) is 0 Å². The van der Waals surface area contributed by atoms with E-state index in [4.69, 9.17) is 9.52 Å². The zero-order valence-electron chi connectivity index (χ0n) is 11.1. The average Bonchev–Trinajstić information content (AvgIpc) is 2.79. The van der Waals surface area contributed by atoms with Crippen molar-refractivity contribution in [3.05, 3.63) is 23.8 Å². The molecule has 1 aromatic heterocycles. The Hall–Kier alpha value is -2.04. The highest BCUT2D eigenvalue weighted by Crippen LogP contribution is 2.21. The van der Waals surface area contributed by atoms with Gasteiger partial charge in [0.1, 0.15) is 5.52 Å². The number of carboxylic acid groups (broad SMARTS) is 1. The maximum Gasteiger partial charge on any atom is 0.335 e. The predicted octanol–water partition coefficient (Wildman–Crippen LogP) is 3.52. The first kappa shape index (κ1) is 13.4. The second-order valence-electron chi connectivity index (χ2n) is 4.54. The number of oxazole rings is 1. The molecule has 2 rings (SSSR count). The molecular weight excluding hydrogens is 244 g/mol. The molecule has 0 amide bonds. The molecule has 0 aliphatic carbocycles. The van der Waals surface area contributed by atoms with Crippen molar-refractivity contribution in [3.8, 4) is 0 Å². The number of benzene rings is 1. The maximum atomic E-state index is 10.9. The molecule has 0 saturated carbocycles. The molecule has 0 fully saturated rings. The summed E-state index contributed by atoms with van der Waals surface area (Å²) >= 11 is 0. The second kappa shape index (κ2) is 5.73. The molecular formula is C14H18N2O3. The van der Waals surface area contributed by atoms with Crippen LogP contribution in [0.2, 0.25) is 0 Å². The Labute approximate surface area is 111 Å². The van der Waals surface area contributed by atoms with E-state index in [2.05, 4.69) is 24.1 Å². The number of carboxylic acids is 1. The Bertz CT molecular complexity index is 577. The third-order valence-electron chi connectivity index (χ3n) is 3.09. The quantitative estimate of drug-likeness (QED) is 0.833. The van der Waals surface area contributed by atoms with Crippen molar-refractivity contribution >= 4 is 23.1 Å². The van der Waals surface area contributed by atoms with Crippen molar-refractivity contribution in [2.24, 2.45) is 0 Å². The van der Waals surface area contributed by atoms with Crippen molar-refractivity contribution in [1.29, 1.82) is 0 Å². The van der Waals surface area contributed by atoms with Crippen LogP contribution in [0.4, 0.5) is 6.01 Å². The zero-order valence-corrected chi connectivity index (χ0v) is 11.1. The van der Waals surface area contributed by atoms with E-state index in [0.29, 0.717) is 23.2 Å². The van der Waals surface area contributed by atoms with Crippen LogP contribution >= 0.6 is 0 Å². The van der Waals surface area contributed by atoms with E-state index in [1.54, 1.807) is 6.07 Å². The van der Waals surface area contributed by atoms with Gasteiger partial charge in [-0.2, -0.15) is 4.98 Å². The van der Waals surface area contributed by atoms with Crippen LogP contribution in [-0.2, 0) is 0 Å². The number of fused-ring (bicyclic) bond motifs is 1. The van der Waals surface area contributed by atoms with Gasteiger partial charge in [0, 0.05) is 6.04 Å². The van der Waals surface area contributed by atoms with E-state index >= 15 is 0 Å². The number of hydrogen-bond donors (Lipinski definition) is 2. The minimum absolute atomic E-state index is 0.204. The highest BCUT2D eigenvalue weighted by Gasteiger charge is 2.12. The number of carbonyl (C=O) groups is 1. The minimum atomic E-state index is -0.967. The fourth-order valence-corrected chi connectivity index (χ4v) is 2.02. The normalized spacial score (nSPS) is 12.5. The van der Waals surface area contributed by atoms with Gasteiger partial charge in [-0.05, 0) is 31.0 Å². The van der Waals surface area contributed by atoms with Crippen molar-refractivity contribution in [1.82, 2.24) is 4.98 Å². The van der Waals surface area contributed by atoms with E-state index in [1.807, 2.05) is 0 Å². The van der Waals surface area contributed by atoms with Gasteiger partial charge in [0.25, 0.3) is 6.01 Å². The molecule has 2 aromatic rings. The number of aromatic nitrogens is 1. The van der Waals surface area contributed by atoms with E-state index in [1.165, 1.54) is 12.1 Å². The molecule has 0 saturated heterocycles. The van der Waals surface area contributed by atoms with Gasteiger partial charge in [0.05, 0.1) is 5.56 Å². The van der Waals surface area contributed by atoms with Gasteiger partial charge in [0.2, 0.25) is 0 Å². The van der Waals surface area contributed by atoms with Gasteiger partial charge < -0.3 is 14.8 Å². The molecule has 0 radical (unpaired) electrons. The molecule has 5 heteroatoms. The maximum absolute atomic E-state index is 10.9. The summed E-state index contributed by atoms with van der Waals surface area (Å²) < 4.78 is 5.55. The molecule has 19 heavy (non-hydrogen) atoms. The molecule has 2 N–H and O–H groups in total. The summed E-state index contributed by atoms with van der Waals surface area (Å²) in [6, 6.07) is 5.47. The predicted molar refractivity (Wildman–Crippen MR) is 73.6 cm³/mol. The van der Waals surface area contributed by atoms with Crippen LogP contribution in [-0.4, -0.2) is 22.1 Å². The third-order valence-corrected chi connectivity index (χ3v) is 3.09. The van der Waals surface area contributed by atoms with Gasteiger partial charge in [-0.3, -0.25) is 0 Å². The van der Waals surface area contributed by atoms with Gasteiger partial charge in [-0.25, -0.2) is 4.79 Å². The van der Waals surface area contributed by atoms with Crippen molar-refractivity contribution in [2.75, 3.05) is 5.32 Å². The molecule has 0 aliphatic heterocycles. The Morgan fingerprint density at radius 1 is 1.47 bits per heavy atom. The summed E-state index contributed by atoms with van der Waals surface area (Å²) in [7, 11) is 0. The molecule has 0 spiro atoms. The smallest absolute Gasteiger partial charge is 0.335 e. The fourth-order valence-electron chi connectivity index (χ4n) is 2.02. The first-order chi connectivity index (χ1) is 9.13. The number of nitrogens with zero attached hydrogens (tertiary/aromatic N) is 1. The summed E-state index contributed by atoms with van der Waals surface area (Å²) in [6.45, 7) is 4.24. The fraction of sp³-hybridized carbons (Fsp3) is 0.429. The van der Waals surface area contributed by atoms with Gasteiger partial charge in [0.15, 0.2) is 5.58 Å². The van der Waals surface area contributed by atoms with Crippen molar-refractivity contribution in [3.63, 3.8) is 0 Å². The highest BCUT2D eigenvalue weighted by molar-refractivity contribution is 5.92. The first-order valence-electron chi connectivity index (χ1n) is 6.54. The molecule has 1 heterocycles. The van der Waals surface area contributed by atoms with Crippen LogP contribution in [0.5, 0.6) is 0 Å². The number of nitrogens with one attached hydrogen (secondary N) is 1. The lowest BCUT2D eigenvalue weighted by atomic mass is 10.1. The third kappa shape index (κ3) is 3.05. The van der Waals surface area contributed by atoms with E-state index in [0.717, 1.165) is 19.3 Å². The number of hydrogen-bond acceptors (Lipinski definition) is 4. The summed E-state index contributed by atoms with van der Waals surface area (Å²) in [5.74, 6) is -0.967. The number of anilines is 1. The van der Waals surface area contributed by atoms with E-state index in [-0.39, 0.29) is 5.56 Å². The van der Waals surface area contributed by atoms with Crippen molar-refractivity contribution < 1.29 is 14.3 Å². The summed E-state index contributed by atoms with van der Waals surface area (Å²) in [5, 5.41) is 12.2. The zero-order chi connectivity index (χ0) is 13.8. The molecule has 102 valence electrons.